The van der Waals surface area contributed by atoms with Crippen LogP contribution in [0.5, 0.6) is 0 Å². The highest BCUT2D eigenvalue weighted by Gasteiger charge is 2.16. The van der Waals surface area contributed by atoms with Gasteiger partial charge in [-0.15, -0.1) is 0 Å². The largest absolute Gasteiger partial charge is 0.462 e. The number of hydrogen-bond acceptors (Lipinski definition) is 5. The molecule has 7 nitrogen and oxygen atoms in total. The van der Waals surface area contributed by atoms with E-state index in [-0.39, 0.29) is 12.3 Å². The molecule has 0 unspecified atom stereocenters. The van der Waals surface area contributed by atoms with E-state index in [1.54, 1.807) is 50.2 Å². The molecule has 2 aromatic carbocycles. The van der Waals surface area contributed by atoms with Crippen molar-refractivity contribution in [1.29, 1.82) is 0 Å². The number of carbonyl (C=O) groups excluding carboxylic acids is 2. The van der Waals surface area contributed by atoms with E-state index in [1.807, 2.05) is 0 Å². The molecule has 0 saturated carbocycles. The first-order chi connectivity index (χ1) is 13.9. The highest BCUT2D eigenvalue weighted by molar-refractivity contribution is 6.30. The topological polar surface area (TPSA) is 90.3 Å². The van der Waals surface area contributed by atoms with E-state index >= 15 is 0 Å². The average Bonchev–Trinajstić information content (AvgIpc) is 2.69. The van der Waals surface area contributed by atoms with Crippen molar-refractivity contribution in [2.75, 3.05) is 11.9 Å². The predicted molar refractivity (Wildman–Crippen MR) is 110 cm³/mol. The van der Waals surface area contributed by atoms with Crippen molar-refractivity contribution in [3.05, 3.63) is 86.8 Å². The van der Waals surface area contributed by atoms with Crippen LogP contribution in [0.25, 0.3) is 5.69 Å². The molecule has 0 aliphatic rings. The van der Waals surface area contributed by atoms with Gasteiger partial charge in [0.15, 0.2) is 5.69 Å². The lowest BCUT2D eigenvalue weighted by molar-refractivity contribution is 0.0526. The molecule has 1 aromatic heterocycles. The third-order valence-corrected chi connectivity index (χ3v) is 4.30. The van der Waals surface area contributed by atoms with E-state index in [0.717, 1.165) is 0 Å². The Balaban J connectivity index is 1.85. The zero-order valence-corrected chi connectivity index (χ0v) is 16.6. The van der Waals surface area contributed by atoms with Crippen LogP contribution in [0.1, 0.15) is 33.5 Å². The van der Waals surface area contributed by atoms with Crippen LogP contribution in [0.3, 0.4) is 0 Å². The number of esters is 1. The molecule has 0 aliphatic heterocycles. The fourth-order valence-corrected chi connectivity index (χ4v) is 2.77. The lowest BCUT2D eigenvalue weighted by Crippen LogP contribution is -2.26. The van der Waals surface area contributed by atoms with Crippen molar-refractivity contribution in [1.82, 2.24) is 9.78 Å². The van der Waals surface area contributed by atoms with Gasteiger partial charge >= 0.3 is 5.97 Å². The summed E-state index contributed by atoms with van der Waals surface area (Å²) in [6.07, 6.45) is 0. The molecule has 0 spiro atoms. The van der Waals surface area contributed by atoms with Crippen LogP contribution in [0, 0.1) is 6.92 Å². The molecule has 3 aromatic rings. The van der Waals surface area contributed by atoms with Crippen molar-refractivity contribution >= 4 is 29.2 Å². The minimum absolute atomic E-state index is 0.250. The van der Waals surface area contributed by atoms with Gasteiger partial charge in [0.05, 0.1) is 17.9 Å². The van der Waals surface area contributed by atoms with E-state index in [2.05, 4.69) is 10.4 Å². The van der Waals surface area contributed by atoms with Crippen molar-refractivity contribution in [2.45, 2.75) is 13.8 Å². The zero-order chi connectivity index (χ0) is 21.0. The van der Waals surface area contributed by atoms with Gasteiger partial charge < -0.3 is 10.1 Å². The Bertz CT molecular complexity index is 1110. The number of aromatic nitrogens is 2. The minimum atomic E-state index is -0.651. The molecule has 3 rings (SSSR count). The quantitative estimate of drug-likeness (QED) is 0.647. The third kappa shape index (κ3) is 4.70. The maximum absolute atomic E-state index is 12.6. The molecule has 148 valence electrons. The first-order valence-electron chi connectivity index (χ1n) is 8.84. The number of carbonyl (C=O) groups is 2. The maximum Gasteiger partial charge on any atom is 0.338 e. The number of hydrogen-bond donors (Lipinski definition) is 1. The van der Waals surface area contributed by atoms with Crippen LogP contribution in [-0.2, 0) is 4.74 Å². The Morgan fingerprint density at radius 3 is 2.38 bits per heavy atom. The van der Waals surface area contributed by atoms with Crippen molar-refractivity contribution in [2.24, 2.45) is 0 Å². The fourth-order valence-electron chi connectivity index (χ4n) is 2.64. The lowest BCUT2D eigenvalue weighted by atomic mass is 10.2. The monoisotopic (exact) mass is 411 g/mol. The van der Waals surface area contributed by atoms with Gasteiger partial charge in [-0.2, -0.15) is 5.10 Å². The standard InChI is InChI=1S/C21H18ClN3O4/c1-3-29-21(28)14-4-8-16(9-5-14)23-20(27)19-18(26)12-13(2)25(24-19)17-10-6-15(22)7-11-17/h4-12H,3H2,1-2H3,(H,23,27). The van der Waals surface area contributed by atoms with E-state index in [4.69, 9.17) is 16.3 Å². The highest BCUT2D eigenvalue weighted by atomic mass is 35.5. The Morgan fingerprint density at radius 2 is 1.76 bits per heavy atom. The van der Waals surface area contributed by atoms with E-state index in [9.17, 15) is 14.4 Å². The second-order valence-electron chi connectivity index (χ2n) is 6.14. The first-order valence-corrected chi connectivity index (χ1v) is 9.22. The van der Waals surface area contributed by atoms with Crippen LogP contribution in [0.4, 0.5) is 5.69 Å². The molecule has 0 fully saturated rings. The second-order valence-corrected chi connectivity index (χ2v) is 6.58. The van der Waals surface area contributed by atoms with Crippen LogP contribution < -0.4 is 10.7 Å². The normalized spacial score (nSPS) is 10.4. The molecule has 0 bridgehead atoms. The number of nitrogens with zero attached hydrogens (tertiary/aromatic N) is 2. The first kappa shape index (κ1) is 20.3. The molecule has 0 radical (unpaired) electrons. The molecule has 29 heavy (non-hydrogen) atoms. The summed E-state index contributed by atoms with van der Waals surface area (Å²) < 4.78 is 6.42. The molecular formula is C21H18ClN3O4. The van der Waals surface area contributed by atoms with E-state index in [1.165, 1.54) is 22.9 Å². The number of benzene rings is 2. The fraction of sp³-hybridized carbons (Fsp3) is 0.143. The lowest BCUT2D eigenvalue weighted by Gasteiger charge is -2.11. The van der Waals surface area contributed by atoms with Gasteiger partial charge in [-0.25, -0.2) is 9.48 Å². The van der Waals surface area contributed by atoms with Gasteiger partial charge in [0, 0.05) is 22.5 Å². The molecule has 1 N–H and O–H groups in total. The number of anilines is 1. The highest BCUT2D eigenvalue weighted by Crippen LogP contribution is 2.15. The number of aryl methyl sites for hydroxylation is 1. The maximum atomic E-state index is 12.6. The average molecular weight is 412 g/mol. The number of halogens is 1. The summed E-state index contributed by atoms with van der Waals surface area (Å²) in [6, 6.07) is 14.4. The molecule has 1 heterocycles. The summed E-state index contributed by atoms with van der Waals surface area (Å²) in [5, 5.41) is 7.40. The van der Waals surface area contributed by atoms with Gasteiger partial charge in [-0.05, 0) is 62.4 Å². The second kappa shape index (κ2) is 8.70. The summed E-state index contributed by atoms with van der Waals surface area (Å²) in [4.78, 5) is 36.6. The minimum Gasteiger partial charge on any atom is -0.462 e. The molecular weight excluding hydrogens is 394 g/mol. The van der Waals surface area contributed by atoms with Crippen LogP contribution in [0.2, 0.25) is 5.02 Å². The van der Waals surface area contributed by atoms with Crippen molar-refractivity contribution < 1.29 is 14.3 Å². The van der Waals surface area contributed by atoms with Crippen LogP contribution in [-0.4, -0.2) is 28.3 Å². The Hall–Kier alpha value is -3.45. The smallest absolute Gasteiger partial charge is 0.338 e. The van der Waals surface area contributed by atoms with E-state index < -0.39 is 17.3 Å². The Kier molecular flexibility index (Phi) is 6.09. The molecule has 8 heteroatoms. The Labute approximate surface area is 171 Å². The molecule has 0 saturated heterocycles. The number of amides is 1. The molecule has 0 atom stereocenters. The van der Waals surface area contributed by atoms with Gasteiger partial charge in [0.25, 0.3) is 5.91 Å². The number of nitrogens with one attached hydrogen (secondary N) is 1. The summed E-state index contributed by atoms with van der Waals surface area (Å²) in [5.74, 6) is -1.10. The summed E-state index contributed by atoms with van der Waals surface area (Å²) in [6.45, 7) is 3.72. The zero-order valence-electron chi connectivity index (χ0n) is 15.8. The van der Waals surface area contributed by atoms with Crippen molar-refractivity contribution in [3.63, 3.8) is 0 Å². The summed E-state index contributed by atoms with van der Waals surface area (Å²) in [5.41, 5.74) is 1.28. The summed E-state index contributed by atoms with van der Waals surface area (Å²) >= 11 is 5.91. The summed E-state index contributed by atoms with van der Waals surface area (Å²) in [7, 11) is 0. The van der Waals surface area contributed by atoms with Crippen LogP contribution >= 0.6 is 11.6 Å². The van der Waals surface area contributed by atoms with Gasteiger partial charge in [-0.1, -0.05) is 11.6 Å². The van der Waals surface area contributed by atoms with Crippen molar-refractivity contribution in [3.8, 4) is 5.69 Å². The number of ether oxygens (including phenoxy) is 1. The van der Waals surface area contributed by atoms with Gasteiger partial charge in [0.2, 0.25) is 5.43 Å². The predicted octanol–water partition coefficient (Wildman–Crippen LogP) is 3.62. The van der Waals surface area contributed by atoms with E-state index in [0.29, 0.717) is 27.7 Å². The van der Waals surface area contributed by atoms with Gasteiger partial charge in [0.1, 0.15) is 0 Å². The third-order valence-electron chi connectivity index (χ3n) is 4.05. The van der Waals surface area contributed by atoms with Gasteiger partial charge in [-0.3, -0.25) is 9.59 Å². The SMILES string of the molecule is CCOC(=O)c1ccc(NC(=O)c2nn(-c3ccc(Cl)cc3)c(C)cc2=O)cc1. The molecule has 1 amide bonds. The Morgan fingerprint density at radius 1 is 1.10 bits per heavy atom. The number of rotatable bonds is 5. The van der Waals surface area contributed by atoms with Crippen LogP contribution in [0.15, 0.2) is 59.4 Å². The molecule has 0 aliphatic carbocycles.